The predicted molar refractivity (Wildman–Crippen MR) is 138 cm³/mol. The van der Waals surface area contributed by atoms with Crippen molar-refractivity contribution in [1.29, 1.82) is 0 Å². The molecule has 0 saturated carbocycles. The molecule has 0 atom stereocenters. The smallest absolute Gasteiger partial charge is 0.275 e. The fourth-order valence-electron chi connectivity index (χ4n) is 4.16. The van der Waals surface area contributed by atoms with Crippen LogP contribution in [0.3, 0.4) is 0 Å². The van der Waals surface area contributed by atoms with Crippen LogP contribution in [0.15, 0.2) is 40.5 Å². The van der Waals surface area contributed by atoms with Gasteiger partial charge in [-0.05, 0) is 23.6 Å². The van der Waals surface area contributed by atoms with Crippen LogP contribution in [-0.4, -0.2) is 77.8 Å². The van der Waals surface area contributed by atoms with Gasteiger partial charge in [0.2, 0.25) is 10.7 Å². The number of carbonyl (C=O) groups excluding carboxylic acids is 1. The third-order valence-corrected chi connectivity index (χ3v) is 7.93. The number of aromatic nitrogens is 3. The van der Waals surface area contributed by atoms with Crippen molar-refractivity contribution in [2.45, 2.75) is 6.54 Å². The van der Waals surface area contributed by atoms with E-state index < -0.39 is 0 Å². The maximum atomic E-state index is 13.2. The van der Waals surface area contributed by atoms with Crippen molar-refractivity contribution in [3.8, 4) is 27.1 Å². The summed E-state index contributed by atoms with van der Waals surface area (Å²) in [6, 6.07) is 8.82. The van der Waals surface area contributed by atoms with Gasteiger partial charge in [-0.3, -0.25) is 14.5 Å². The van der Waals surface area contributed by atoms with E-state index in [1.54, 1.807) is 34.4 Å². The largest absolute Gasteiger partial charge is 0.493 e. The lowest BCUT2D eigenvalue weighted by Crippen LogP contribution is -2.48. The number of fused-ring (bicyclic) bond motifs is 1. The third kappa shape index (κ3) is 4.66. The molecule has 0 aliphatic carbocycles. The molecule has 1 amide bonds. The average molecular weight is 528 g/mol. The summed E-state index contributed by atoms with van der Waals surface area (Å²) in [5.74, 6) is 1.23. The number of nitrogens with zero attached hydrogens (tertiary/aromatic N) is 5. The van der Waals surface area contributed by atoms with Crippen LogP contribution in [0.25, 0.3) is 14.8 Å². The summed E-state index contributed by atoms with van der Waals surface area (Å²) in [6.07, 6.45) is 0. The van der Waals surface area contributed by atoms with Crippen molar-refractivity contribution in [1.82, 2.24) is 24.4 Å². The van der Waals surface area contributed by atoms with Crippen LogP contribution in [-0.2, 0) is 6.54 Å². The second kappa shape index (κ2) is 10.2. The van der Waals surface area contributed by atoms with E-state index in [9.17, 15) is 9.59 Å². The Bertz CT molecular complexity index is 1420. The molecule has 10 nitrogen and oxygen atoms in total. The SMILES string of the molecule is COc1cc(C(=O)N2CCN(Cc3cc(=O)n4nc(-c5cccs5)sc4n3)CC2)cc(OC)c1OC. The predicted octanol–water partition coefficient (Wildman–Crippen LogP) is 2.86. The van der Waals surface area contributed by atoms with Crippen molar-refractivity contribution in [2.24, 2.45) is 0 Å². The zero-order chi connectivity index (χ0) is 25.2. The van der Waals surface area contributed by atoms with Gasteiger partial charge in [0, 0.05) is 44.4 Å². The molecule has 4 heterocycles. The zero-order valence-electron chi connectivity index (χ0n) is 20.1. The number of benzene rings is 1. The van der Waals surface area contributed by atoms with Crippen LogP contribution in [0, 0.1) is 0 Å². The number of thiophene rings is 1. The van der Waals surface area contributed by atoms with Crippen LogP contribution < -0.4 is 19.8 Å². The topological polar surface area (TPSA) is 98.5 Å². The molecule has 188 valence electrons. The number of rotatable bonds is 7. The number of hydrogen-bond donors (Lipinski definition) is 0. The number of piperazine rings is 1. The highest BCUT2D eigenvalue weighted by atomic mass is 32.1. The minimum Gasteiger partial charge on any atom is -0.493 e. The first-order chi connectivity index (χ1) is 17.5. The molecule has 0 bridgehead atoms. The molecular formula is C24H25N5O5S2. The fourth-order valence-corrected chi connectivity index (χ4v) is 5.88. The zero-order valence-corrected chi connectivity index (χ0v) is 21.7. The normalized spacial score (nSPS) is 14.2. The lowest BCUT2D eigenvalue weighted by atomic mass is 10.1. The molecule has 1 fully saturated rings. The minimum atomic E-state index is -0.190. The molecule has 12 heteroatoms. The number of carbonyl (C=O) groups is 1. The minimum absolute atomic E-state index is 0.0996. The Labute approximate surface area is 215 Å². The fraction of sp³-hybridized carbons (Fsp3) is 0.333. The summed E-state index contributed by atoms with van der Waals surface area (Å²) in [5.41, 5.74) is 0.987. The number of ether oxygens (including phenoxy) is 3. The van der Waals surface area contributed by atoms with Gasteiger partial charge in [-0.25, -0.2) is 4.98 Å². The van der Waals surface area contributed by atoms with Crippen LogP contribution in [0.2, 0.25) is 0 Å². The quantitative estimate of drug-likeness (QED) is 0.362. The van der Waals surface area contributed by atoms with Crippen molar-refractivity contribution in [3.05, 3.63) is 57.3 Å². The molecule has 4 aromatic rings. The first kappa shape index (κ1) is 24.2. The maximum Gasteiger partial charge on any atom is 0.275 e. The standard InChI is InChI=1S/C24H25N5O5S2/c1-32-17-11-15(12-18(33-2)21(17)34-3)23(31)28-8-6-27(7-9-28)14-16-13-20(30)29-24(25-16)36-22(26-29)19-5-4-10-35-19/h4-5,10-13H,6-9,14H2,1-3H3. The molecule has 1 saturated heterocycles. The van der Waals surface area contributed by atoms with Gasteiger partial charge >= 0.3 is 0 Å². The average Bonchev–Trinajstić information content (AvgIpc) is 3.58. The van der Waals surface area contributed by atoms with Gasteiger partial charge in [0.1, 0.15) is 0 Å². The molecule has 0 N–H and O–H groups in total. The third-order valence-electron chi connectivity index (χ3n) is 5.99. The lowest BCUT2D eigenvalue weighted by Gasteiger charge is -2.34. The number of methoxy groups -OCH3 is 3. The van der Waals surface area contributed by atoms with Gasteiger partial charge in [0.05, 0.1) is 31.9 Å². The summed E-state index contributed by atoms with van der Waals surface area (Å²) in [5, 5.41) is 7.19. The van der Waals surface area contributed by atoms with Crippen LogP contribution in [0.1, 0.15) is 16.1 Å². The first-order valence-corrected chi connectivity index (χ1v) is 13.0. The Morgan fingerprint density at radius 3 is 2.36 bits per heavy atom. The van der Waals surface area contributed by atoms with Crippen molar-refractivity contribution >= 4 is 33.5 Å². The van der Waals surface area contributed by atoms with E-state index in [0.717, 1.165) is 9.88 Å². The molecule has 1 aliphatic heterocycles. The van der Waals surface area contributed by atoms with Crippen LogP contribution in [0.5, 0.6) is 17.2 Å². The lowest BCUT2D eigenvalue weighted by molar-refractivity contribution is 0.0626. The summed E-state index contributed by atoms with van der Waals surface area (Å²) in [6.45, 7) is 2.98. The molecule has 1 aliphatic rings. The van der Waals surface area contributed by atoms with Crippen molar-refractivity contribution in [2.75, 3.05) is 47.5 Å². The second-order valence-electron chi connectivity index (χ2n) is 8.15. The molecule has 0 unspecified atom stereocenters. The van der Waals surface area contributed by atoms with Gasteiger partial charge in [-0.15, -0.1) is 11.3 Å². The highest BCUT2D eigenvalue weighted by Crippen LogP contribution is 2.38. The van der Waals surface area contributed by atoms with E-state index in [-0.39, 0.29) is 11.5 Å². The van der Waals surface area contributed by atoms with E-state index in [0.29, 0.717) is 66.2 Å². The van der Waals surface area contributed by atoms with Crippen LogP contribution in [0.4, 0.5) is 0 Å². The number of amides is 1. The van der Waals surface area contributed by atoms with Crippen molar-refractivity contribution in [3.63, 3.8) is 0 Å². The molecule has 36 heavy (non-hydrogen) atoms. The monoisotopic (exact) mass is 527 g/mol. The molecule has 1 aromatic carbocycles. The Morgan fingerprint density at radius 2 is 1.75 bits per heavy atom. The number of hydrogen-bond acceptors (Lipinski definition) is 10. The van der Waals surface area contributed by atoms with Gasteiger partial charge in [-0.1, -0.05) is 17.4 Å². The summed E-state index contributed by atoms with van der Waals surface area (Å²) in [7, 11) is 4.58. The highest BCUT2D eigenvalue weighted by Gasteiger charge is 2.25. The van der Waals surface area contributed by atoms with Gasteiger partial charge < -0.3 is 19.1 Å². The molecule has 0 spiro atoms. The first-order valence-electron chi connectivity index (χ1n) is 11.3. The van der Waals surface area contributed by atoms with E-state index in [1.165, 1.54) is 37.2 Å². The van der Waals surface area contributed by atoms with E-state index in [1.807, 2.05) is 17.5 Å². The Balaban J connectivity index is 1.26. The summed E-state index contributed by atoms with van der Waals surface area (Å²) >= 11 is 2.99. The highest BCUT2D eigenvalue weighted by molar-refractivity contribution is 7.23. The van der Waals surface area contributed by atoms with Gasteiger partial charge in [0.15, 0.2) is 16.5 Å². The summed E-state index contributed by atoms with van der Waals surface area (Å²) in [4.78, 5) is 36.1. The Hall–Kier alpha value is -3.48. The Kier molecular flexibility index (Phi) is 6.90. The molecule has 3 aromatic heterocycles. The van der Waals surface area contributed by atoms with E-state index in [4.69, 9.17) is 14.2 Å². The van der Waals surface area contributed by atoms with Crippen molar-refractivity contribution < 1.29 is 19.0 Å². The van der Waals surface area contributed by atoms with E-state index in [2.05, 4.69) is 15.0 Å². The van der Waals surface area contributed by atoms with Gasteiger partial charge in [-0.2, -0.15) is 9.61 Å². The maximum absolute atomic E-state index is 13.2. The van der Waals surface area contributed by atoms with E-state index >= 15 is 0 Å². The summed E-state index contributed by atoms with van der Waals surface area (Å²) < 4.78 is 17.5. The molecular weight excluding hydrogens is 502 g/mol. The van der Waals surface area contributed by atoms with Crippen LogP contribution >= 0.6 is 22.7 Å². The molecule has 5 rings (SSSR count). The second-order valence-corrected chi connectivity index (χ2v) is 10.1. The molecule has 0 radical (unpaired) electrons. The van der Waals surface area contributed by atoms with Gasteiger partial charge in [0.25, 0.3) is 11.5 Å². The Morgan fingerprint density at radius 1 is 1.03 bits per heavy atom.